The maximum absolute atomic E-state index is 12.7. The highest BCUT2D eigenvalue weighted by atomic mass is 35.5. The van der Waals surface area contributed by atoms with Gasteiger partial charge in [0, 0.05) is 24.2 Å². The lowest BCUT2D eigenvalue weighted by atomic mass is 10.1. The molecule has 0 bridgehead atoms. The van der Waals surface area contributed by atoms with E-state index in [9.17, 15) is 4.79 Å². The van der Waals surface area contributed by atoms with Gasteiger partial charge in [0.2, 0.25) is 5.91 Å². The van der Waals surface area contributed by atoms with E-state index in [0.29, 0.717) is 31.3 Å². The zero-order chi connectivity index (χ0) is 19.2. The maximum atomic E-state index is 12.7. The quantitative estimate of drug-likeness (QED) is 0.783. The summed E-state index contributed by atoms with van der Waals surface area (Å²) in [7, 11) is 0. The van der Waals surface area contributed by atoms with Gasteiger partial charge in [-0.25, -0.2) is 0 Å². The number of hydrogen-bond donors (Lipinski definition) is 1. The smallest absolute Gasteiger partial charge is 0.236 e. The molecule has 1 aliphatic rings. The summed E-state index contributed by atoms with van der Waals surface area (Å²) < 4.78 is 11.2. The first kappa shape index (κ1) is 19.5. The van der Waals surface area contributed by atoms with Crippen LogP contribution in [0.5, 0.6) is 11.5 Å². The van der Waals surface area contributed by atoms with E-state index in [2.05, 4.69) is 5.32 Å². The molecular weight excluding hydrogens is 364 g/mol. The molecule has 0 radical (unpaired) electrons. The Hall–Kier alpha value is -2.24. The van der Waals surface area contributed by atoms with Gasteiger partial charge in [-0.15, -0.1) is 0 Å². The van der Waals surface area contributed by atoms with Gasteiger partial charge in [-0.3, -0.25) is 4.79 Å². The number of hydrogen-bond acceptors (Lipinski definition) is 4. The predicted octanol–water partition coefficient (Wildman–Crippen LogP) is 3.81. The number of nitrogens with zero attached hydrogens (tertiary/aromatic N) is 1. The highest BCUT2D eigenvalue weighted by Crippen LogP contribution is 2.31. The van der Waals surface area contributed by atoms with E-state index in [1.165, 1.54) is 0 Å². The van der Waals surface area contributed by atoms with Crippen molar-refractivity contribution in [3.8, 4) is 11.5 Å². The topological polar surface area (TPSA) is 50.8 Å². The zero-order valence-electron chi connectivity index (χ0n) is 15.7. The molecule has 0 aromatic heterocycles. The summed E-state index contributed by atoms with van der Waals surface area (Å²) in [5.41, 5.74) is 2.01. The van der Waals surface area contributed by atoms with E-state index in [0.717, 1.165) is 22.6 Å². The maximum Gasteiger partial charge on any atom is 0.236 e. The molecule has 144 valence electrons. The fraction of sp³-hybridized carbons (Fsp3) is 0.381. The van der Waals surface area contributed by atoms with Crippen molar-refractivity contribution in [1.29, 1.82) is 0 Å². The first-order valence-electron chi connectivity index (χ1n) is 9.22. The van der Waals surface area contributed by atoms with Crippen molar-refractivity contribution in [2.24, 2.45) is 0 Å². The van der Waals surface area contributed by atoms with Crippen LogP contribution in [-0.4, -0.2) is 37.1 Å². The number of carbonyl (C=O) groups excluding carboxylic acids is 1. The Kier molecular flexibility index (Phi) is 6.58. The van der Waals surface area contributed by atoms with Crippen LogP contribution in [0, 0.1) is 0 Å². The number of likely N-dealkylation sites (N-methyl/N-ethyl adjacent to an activating group) is 1. The minimum Gasteiger partial charge on any atom is -0.486 e. The molecule has 6 heteroatoms. The highest BCUT2D eigenvalue weighted by molar-refractivity contribution is 6.31. The van der Waals surface area contributed by atoms with Gasteiger partial charge in [-0.2, -0.15) is 0 Å². The van der Waals surface area contributed by atoms with Crippen molar-refractivity contribution in [1.82, 2.24) is 10.2 Å². The van der Waals surface area contributed by atoms with Gasteiger partial charge in [0.1, 0.15) is 13.2 Å². The molecule has 2 aromatic rings. The second kappa shape index (κ2) is 9.11. The van der Waals surface area contributed by atoms with Crippen LogP contribution in [0.25, 0.3) is 0 Å². The van der Waals surface area contributed by atoms with Gasteiger partial charge in [0.05, 0.1) is 6.54 Å². The van der Waals surface area contributed by atoms with Crippen LogP contribution in [0.15, 0.2) is 42.5 Å². The second-order valence-electron chi connectivity index (χ2n) is 6.51. The second-order valence-corrected chi connectivity index (χ2v) is 6.92. The van der Waals surface area contributed by atoms with Crippen molar-refractivity contribution in [2.45, 2.75) is 26.4 Å². The average molecular weight is 389 g/mol. The number of rotatable bonds is 7. The Morgan fingerprint density at radius 1 is 1.19 bits per heavy atom. The molecule has 1 atom stereocenters. The van der Waals surface area contributed by atoms with Crippen LogP contribution in [0.1, 0.15) is 31.0 Å². The van der Waals surface area contributed by atoms with Gasteiger partial charge >= 0.3 is 0 Å². The lowest BCUT2D eigenvalue weighted by molar-refractivity contribution is -0.130. The van der Waals surface area contributed by atoms with E-state index in [4.69, 9.17) is 21.1 Å². The van der Waals surface area contributed by atoms with Crippen LogP contribution in [0.2, 0.25) is 5.02 Å². The summed E-state index contributed by atoms with van der Waals surface area (Å²) in [6.45, 7) is 6.53. The third kappa shape index (κ3) is 4.93. The number of fused-ring (bicyclic) bond motifs is 1. The van der Waals surface area contributed by atoms with E-state index in [1.807, 2.05) is 61.2 Å². The Labute approximate surface area is 165 Å². The van der Waals surface area contributed by atoms with Crippen molar-refractivity contribution in [3.63, 3.8) is 0 Å². The summed E-state index contributed by atoms with van der Waals surface area (Å²) in [5, 5.41) is 3.97. The Balaban J connectivity index is 1.58. The summed E-state index contributed by atoms with van der Waals surface area (Å²) in [5.74, 6) is 1.55. The standard InChI is InChI=1S/C21H25ClN2O3/c1-3-24(14-16-8-9-19-20(12-16)27-11-10-26-19)21(25)13-23-15(2)17-6-4-5-7-18(17)22/h4-9,12,15,23H,3,10-11,13-14H2,1-2H3. The number of ether oxygens (including phenoxy) is 2. The summed E-state index contributed by atoms with van der Waals surface area (Å²) in [6.07, 6.45) is 0. The van der Waals surface area contributed by atoms with Gasteiger partial charge in [-0.1, -0.05) is 35.9 Å². The first-order chi connectivity index (χ1) is 13.1. The van der Waals surface area contributed by atoms with Gasteiger partial charge in [0.15, 0.2) is 11.5 Å². The molecule has 0 aliphatic carbocycles. The number of carbonyl (C=O) groups is 1. The molecule has 27 heavy (non-hydrogen) atoms. The molecule has 1 N–H and O–H groups in total. The molecule has 0 spiro atoms. The normalized spacial score (nSPS) is 13.9. The molecule has 1 unspecified atom stereocenters. The number of halogens is 1. The number of amides is 1. The lowest BCUT2D eigenvalue weighted by Crippen LogP contribution is -2.38. The van der Waals surface area contributed by atoms with Crippen LogP contribution in [0.4, 0.5) is 0 Å². The fourth-order valence-corrected chi connectivity index (χ4v) is 3.37. The Bertz CT molecular complexity index is 797. The molecule has 2 aromatic carbocycles. The Morgan fingerprint density at radius 3 is 2.67 bits per heavy atom. The third-order valence-corrected chi connectivity index (χ3v) is 4.99. The van der Waals surface area contributed by atoms with Gasteiger partial charge in [-0.05, 0) is 43.2 Å². The van der Waals surface area contributed by atoms with Crippen molar-refractivity contribution < 1.29 is 14.3 Å². The molecule has 0 saturated carbocycles. The zero-order valence-corrected chi connectivity index (χ0v) is 16.5. The monoisotopic (exact) mass is 388 g/mol. The summed E-state index contributed by atoms with van der Waals surface area (Å²) in [6, 6.07) is 13.5. The molecular formula is C21H25ClN2O3. The molecule has 0 fully saturated rings. The predicted molar refractivity (Wildman–Crippen MR) is 106 cm³/mol. The molecule has 5 nitrogen and oxygen atoms in total. The molecule has 0 saturated heterocycles. The fourth-order valence-electron chi connectivity index (χ4n) is 3.07. The summed E-state index contributed by atoms with van der Waals surface area (Å²) >= 11 is 6.23. The molecule has 1 amide bonds. The SMILES string of the molecule is CCN(Cc1ccc2c(c1)OCCO2)C(=O)CNC(C)c1ccccc1Cl. The van der Waals surface area contributed by atoms with E-state index in [1.54, 1.807) is 0 Å². The van der Waals surface area contributed by atoms with E-state index in [-0.39, 0.29) is 18.5 Å². The molecule has 3 rings (SSSR count). The van der Waals surface area contributed by atoms with Crippen LogP contribution < -0.4 is 14.8 Å². The Morgan fingerprint density at radius 2 is 1.93 bits per heavy atom. The largest absolute Gasteiger partial charge is 0.486 e. The van der Waals surface area contributed by atoms with Crippen LogP contribution >= 0.6 is 11.6 Å². The van der Waals surface area contributed by atoms with Gasteiger partial charge < -0.3 is 19.7 Å². The average Bonchev–Trinajstić information content (AvgIpc) is 2.70. The van der Waals surface area contributed by atoms with Crippen LogP contribution in [-0.2, 0) is 11.3 Å². The first-order valence-corrected chi connectivity index (χ1v) is 9.60. The van der Waals surface area contributed by atoms with Crippen molar-refractivity contribution in [3.05, 3.63) is 58.6 Å². The minimum atomic E-state index is -0.00403. The van der Waals surface area contributed by atoms with E-state index >= 15 is 0 Å². The molecule has 1 aliphatic heterocycles. The van der Waals surface area contributed by atoms with Crippen molar-refractivity contribution in [2.75, 3.05) is 26.3 Å². The number of benzene rings is 2. The highest BCUT2D eigenvalue weighted by Gasteiger charge is 2.17. The van der Waals surface area contributed by atoms with Crippen LogP contribution in [0.3, 0.4) is 0 Å². The third-order valence-electron chi connectivity index (χ3n) is 4.65. The van der Waals surface area contributed by atoms with Gasteiger partial charge in [0.25, 0.3) is 0 Å². The van der Waals surface area contributed by atoms with E-state index < -0.39 is 0 Å². The molecule has 1 heterocycles. The van der Waals surface area contributed by atoms with Crippen molar-refractivity contribution >= 4 is 17.5 Å². The minimum absolute atomic E-state index is 0.00403. The summed E-state index contributed by atoms with van der Waals surface area (Å²) in [4.78, 5) is 14.5. The lowest BCUT2D eigenvalue weighted by Gasteiger charge is -2.24. The number of nitrogens with one attached hydrogen (secondary N) is 1.